The van der Waals surface area contributed by atoms with Gasteiger partial charge in [0.05, 0.1) is 0 Å². The SMILES string of the molecule is CCCCNC(=O)c1ccc(CNC(C)=O)cc1. The van der Waals surface area contributed by atoms with Gasteiger partial charge in [0, 0.05) is 25.6 Å². The van der Waals surface area contributed by atoms with Crippen molar-refractivity contribution in [1.29, 1.82) is 0 Å². The van der Waals surface area contributed by atoms with Gasteiger partial charge in [-0.2, -0.15) is 0 Å². The zero-order chi connectivity index (χ0) is 13.4. The van der Waals surface area contributed by atoms with Crippen LogP contribution in [0.5, 0.6) is 0 Å². The molecule has 0 heterocycles. The molecule has 4 nitrogen and oxygen atoms in total. The summed E-state index contributed by atoms with van der Waals surface area (Å²) in [6, 6.07) is 7.26. The molecule has 0 atom stereocenters. The van der Waals surface area contributed by atoms with Crippen molar-refractivity contribution in [2.45, 2.75) is 33.2 Å². The average molecular weight is 248 g/mol. The van der Waals surface area contributed by atoms with Crippen LogP contribution in [0.15, 0.2) is 24.3 Å². The van der Waals surface area contributed by atoms with Crippen molar-refractivity contribution >= 4 is 11.8 Å². The highest BCUT2D eigenvalue weighted by atomic mass is 16.2. The fourth-order valence-electron chi connectivity index (χ4n) is 1.48. The van der Waals surface area contributed by atoms with E-state index < -0.39 is 0 Å². The molecular weight excluding hydrogens is 228 g/mol. The lowest BCUT2D eigenvalue weighted by molar-refractivity contribution is -0.119. The molecule has 1 rings (SSSR count). The van der Waals surface area contributed by atoms with Gasteiger partial charge in [0.15, 0.2) is 0 Å². The third kappa shape index (κ3) is 4.99. The van der Waals surface area contributed by atoms with Gasteiger partial charge in [-0.1, -0.05) is 25.5 Å². The molecule has 0 bridgehead atoms. The van der Waals surface area contributed by atoms with Crippen LogP contribution in [0.4, 0.5) is 0 Å². The monoisotopic (exact) mass is 248 g/mol. The summed E-state index contributed by atoms with van der Waals surface area (Å²) in [7, 11) is 0. The summed E-state index contributed by atoms with van der Waals surface area (Å²) in [4.78, 5) is 22.5. The largest absolute Gasteiger partial charge is 0.352 e. The minimum absolute atomic E-state index is 0.0467. The molecule has 1 aromatic carbocycles. The predicted molar refractivity (Wildman–Crippen MR) is 71.2 cm³/mol. The maximum absolute atomic E-state index is 11.7. The number of amides is 2. The fraction of sp³-hybridized carbons (Fsp3) is 0.429. The molecule has 0 radical (unpaired) electrons. The summed E-state index contributed by atoms with van der Waals surface area (Å²) in [5, 5.41) is 5.57. The lowest BCUT2D eigenvalue weighted by Gasteiger charge is -2.06. The first kappa shape index (κ1) is 14.2. The molecule has 0 aromatic heterocycles. The van der Waals surface area contributed by atoms with Crippen molar-refractivity contribution in [2.24, 2.45) is 0 Å². The first-order chi connectivity index (χ1) is 8.63. The topological polar surface area (TPSA) is 58.2 Å². The summed E-state index contributed by atoms with van der Waals surface area (Å²) < 4.78 is 0. The Morgan fingerprint density at radius 2 is 1.78 bits per heavy atom. The van der Waals surface area contributed by atoms with Crippen LogP contribution in [0, 0.1) is 0 Å². The Morgan fingerprint density at radius 1 is 1.11 bits per heavy atom. The molecule has 2 amide bonds. The lowest BCUT2D eigenvalue weighted by atomic mass is 10.1. The van der Waals surface area contributed by atoms with Crippen LogP contribution in [0.3, 0.4) is 0 Å². The van der Waals surface area contributed by atoms with Gasteiger partial charge in [-0.05, 0) is 24.1 Å². The molecule has 98 valence electrons. The van der Waals surface area contributed by atoms with Gasteiger partial charge in [0.1, 0.15) is 0 Å². The van der Waals surface area contributed by atoms with Crippen molar-refractivity contribution in [2.75, 3.05) is 6.54 Å². The lowest BCUT2D eigenvalue weighted by Crippen LogP contribution is -2.24. The molecule has 4 heteroatoms. The Labute approximate surface area is 108 Å². The zero-order valence-corrected chi connectivity index (χ0v) is 11.0. The van der Waals surface area contributed by atoms with Gasteiger partial charge in [0.25, 0.3) is 5.91 Å². The van der Waals surface area contributed by atoms with Crippen molar-refractivity contribution < 1.29 is 9.59 Å². The van der Waals surface area contributed by atoms with E-state index in [9.17, 15) is 9.59 Å². The number of hydrogen-bond acceptors (Lipinski definition) is 2. The third-order valence-corrected chi connectivity index (χ3v) is 2.57. The fourth-order valence-corrected chi connectivity index (χ4v) is 1.48. The van der Waals surface area contributed by atoms with Gasteiger partial charge >= 0.3 is 0 Å². The molecule has 0 saturated heterocycles. The highest BCUT2D eigenvalue weighted by Crippen LogP contribution is 2.04. The molecule has 0 aliphatic heterocycles. The summed E-state index contributed by atoms with van der Waals surface area (Å²) in [6.07, 6.45) is 2.06. The van der Waals surface area contributed by atoms with E-state index in [4.69, 9.17) is 0 Å². The van der Waals surface area contributed by atoms with Crippen LogP contribution in [0.1, 0.15) is 42.6 Å². The predicted octanol–water partition coefficient (Wildman–Crippen LogP) is 1.85. The molecule has 0 saturated carbocycles. The van der Waals surface area contributed by atoms with Crippen LogP contribution in [-0.4, -0.2) is 18.4 Å². The van der Waals surface area contributed by atoms with Gasteiger partial charge in [0.2, 0.25) is 5.91 Å². The normalized spacial score (nSPS) is 9.89. The van der Waals surface area contributed by atoms with E-state index >= 15 is 0 Å². The molecule has 0 aliphatic rings. The van der Waals surface area contributed by atoms with Crippen LogP contribution in [0.2, 0.25) is 0 Å². The standard InChI is InChI=1S/C14H20N2O2/c1-3-4-9-15-14(18)13-7-5-12(6-8-13)10-16-11(2)17/h5-8H,3-4,9-10H2,1-2H3,(H,15,18)(H,16,17). The average Bonchev–Trinajstić information content (AvgIpc) is 2.37. The summed E-state index contributed by atoms with van der Waals surface area (Å²) >= 11 is 0. The number of unbranched alkanes of at least 4 members (excludes halogenated alkanes) is 1. The van der Waals surface area contributed by atoms with E-state index in [1.165, 1.54) is 6.92 Å². The second-order valence-electron chi connectivity index (χ2n) is 4.22. The molecule has 1 aromatic rings. The van der Waals surface area contributed by atoms with Gasteiger partial charge < -0.3 is 10.6 Å². The molecule has 0 fully saturated rings. The molecule has 18 heavy (non-hydrogen) atoms. The van der Waals surface area contributed by atoms with Gasteiger partial charge in [-0.3, -0.25) is 9.59 Å². The van der Waals surface area contributed by atoms with Crippen LogP contribution in [0.25, 0.3) is 0 Å². The van der Waals surface area contributed by atoms with E-state index in [-0.39, 0.29) is 11.8 Å². The van der Waals surface area contributed by atoms with Crippen LogP contribution in [-0.2, 0) is 11.3 Å². The van der Waals surface area contributed by atoms with E-state index in [0.717, 1.165) is 18.4 Å². The molecule has 0 spiro atoms. The molecular formula is C14H20N2O2. The van der Waals surface area contributed by atoms with Gasteiger partial charge in [-0.25, -0.2) is 0 Å². The Hall–Kier alpha value is -1.84. The quantitative estimate of drug-likeness (QED) is 0.755. The van der Waals surface area contributed by atoms with Crippen molar-refractivity contribution in [1.82, 2.24) is 10.6 Å². The molecule has 0 unspecified atom stereocenters. The third-order valence-electron chi connectivity index (χ3n) is 2.57. The van der Waals surface area contributed by atoms with Crippen LogP contribution >= 0.6 is 0 Å². The minimum atomic E-state index is -0.0589. The Bertz CT molecular complexity index is 399. The smallest absolute Gasteiger partial charge is 0.251 e. The van der Waals surface area contributed by atoms with Crippen molar-refractivity contribution in [3.05, 3.63) is 35.4 Å². The minimum Gasteiger partial charge on any atom is -0.352 e. The maximum atomic E-state index is 11.7. The van der Waals surface area contributed by atoms with E-state index in [0.29, 0.717) is 18.7 Å². The molecule has 0 aliphatic carbocycles. The summed E-state index contributed by atoms with van der Waals surface area (Å²) in [5.74, 6) is -0.106. The van der Waals surface area contributed by atoms with Crippen molar-refractivity contribution in [3.63, 3.8) is 0 Å². The summed E-state index contributed by atoms with van der Waals surface area (Å²) in [5.41, 5.74) is 1.63. The highest BCUT2D eigenvalue weighted by Gasteiger charge is 2.04. The maximum Gasteiger partial charge on any atom is 0.251 e. The highest BCUT2D eigenvalue weighted by molar-refractivity contribution is 5.94. The first-order valence-corrected chi connectivity index (χ1v) is 6.25. The number of carbonyl (C=O) groups is 2. The Balaban J connectivity index is 2.48. The summed E-state index contributed by atoms with van der Waals surface area (Å²) in [6.45, 7) is 4.77. The second kappa shape index (κ2) is 7.48. The van der Waals surface area contributed by atoms with Gasteiger partial charge in [-0.15, -0.1) is 0 Å². The van der Waals surface area contributed by atoms with E-state index in [1.807, 2.05) is 12.1 Å². The Kier molecular flexibility index (Phi) is 5.91. The van der Waals surface area contributed by atoms with Crippen molar-refractivity contribution in [3.8, 4) is 0 Å². The second-order valence-corrected chi connectivity index (χ2v) is 4.22. The Morgan fingerprint density at radius 3 is 2.33 bits per heavy atom. The number of nitrogens with one attached hydrogen (secondary N) is 2. The number of carbonyl (C=O) groups excluding carboxylic acids is 2. The first-order valence-electron chi connectivity index (χ1n) is 6.25. The number of rotatable bonds is 6. The molecule has 2 N–H and O–H groups in total. The van der Waals surface area contributed by atoms with E-state index in [1.54, 1.807) is 12.1 Å². The number of hydrogen-bond donors (Lipinski definition) is 2. The van der Waals surface area contributed by atoms with Crippen LogP contribution < -0.4 is 10.6 Å². The zero-order valence-electron chi connectivity index (χ0n) is 11.0. The van der Waals surface area contributed by atoms with E-state index in [2.05, 4.69) is 17.6 Å². The number of benzene rings is 1.